The van der Waals surface area contributed by atoms with Crippen LogP contribution in [0, 0.1) is 6.92 Å². The fourth-order valence-electron chi connectivity index (χ4n) is 4.34. The normalized spacial score (nSPS) is 11.4. The second kappa shape index (κ2) is 27.9. The molecule has 0 rings (SSSR count). The first-order valence-electron chi connectivity index (χ1n) is 13.8. The topological polar surface area (TPSA) is 0 Å². The molecule has 0 saturated heterocycles. The molecule has 0 spiro atoms. The molecule has 0 fully saturated rings. The van der Waals surface area contributed by atoms with Gasteiger partial charge in [0, 0.05) is 0 Å². The van der Waals surface area contributed by atoms with Gasteiger partial charge in [0.15, 0.2) is 0 Å². The van der Waals surface area contributed by atoms with E-state index >= 15 is 0 Å². The molecule has 0 aromatic heterocycles. The molecule has 0 atom stereocenters. The molecule has 175 valence electrons. The van der Waals surface area contributed by atoms with Crippen molar-refractivity contribution in [1.29, 1.82) is 0 Å². The zero-order chi connectivity index (χ0) is 21.1. The fraction of sp³-hybridized carbons (Fsp3) is 0.964. The van der Waals surface area contributed by atoms with Gasteiger partial charge in [0.05, 0.1) is 6.67 Å². The maximum atomic E-state index is 12.0. The van der Waals surface area contributed by atoms with E-state index in [4.69, 9.17) is 0 Å². The minimum Gasteiger partial charge on any atom is -0.251 e. The zero-order valence-corrected chi connectivity index (χ0v) is 20.2. The lowest BCUT2D eigenvalue weighted by molar-refractivity contribution is 0.448. The Morgan fingerprint density at radius 1 is 0.276 bits per heavy atom. The van der Waals surface area contributed by atoms with Gasteiger partial charge >= 0.3 is 0 Å². The van der Waals surface area contributed by atoms with E-state index < -0.39 is 0 Å². The van der Waals surface area contributed by atoms with Crippen LogP contribution in [-0.4, -0.2) is 6.67 Å². The molecule has 0 heterocycles. The molecule has 0 aliphatic heterocycles. The van der Waals surface area contributed by atoms with Crippen molar-refractivity contribution in [3.63, 3.8) is 0 Å². The molecular formula is C28H56F. The Morgan fingerprint density at radius 2 is 0.448 bits per heavy atom. The standard InChI is InChI=1S/C28H56F/c1-2-3-4-5-6-7-8-9-10-11-12-13-14-15-16-17-18-19-20-21-22-23-24-25-26-27-28-29/h1-28H2. The Hall–Kier alpha value is -0.0700. The van der Waals surface area contributed by atoms with Crippen LogP contribution in [0.25, 0.3) is 0 Å². The van der Waals surface area contributed by atoms with Crippen molar-refractivity contribution in [1.82, 2.24) is 0 Å². The highest BCUT2D eigenvalue weighted by Crippen LogP contribution is 2.15. The zero-order valence-electron chi connectivity index (χ0n) is 20.2. The molecule has 29 heavy (non-hydrogen) atoms. The average molecular weight is 412 g/mol. The molecule has 0 aromatic carbocycles. The predicted molar refractivity (Wildman–Crippen MR) is 131 cm³/mol. The lowest BCUT2D eigenvalue weighted by Gasteiger charge is -2.04. The van der Waals surface area contributed by atoms with Gasteiger partial charge < -0.3 is 0 Å². The summed E-state index contributed by atoms with van der Waals surface area (Å²) in [5.41, 5.74) is 0. The number of rotatable bonds is 26. The average Bonchev–Trinajstić information content (AvgIpc) is 2.74. The van der Waals surface area contributed by atoms with Crippen LogP contribution < -0.4 is 0 Å². The first kappa shape index (κ1) is 28.9. The summed E-state index contributed by atoms with van der Waals surface area (Å²) in [6, 6.07) is 0. The highest BCUT2D eigenvalue weighted by Gasteiger charge is 1.96. The Bertz CT molecular complexity index is 237. The summed E-state index contributed by atoms with van der Waals surface area (Å²) in [6.07, 6.45) is 35.7. The van der Waals surface area contributed by atoms with Crippen LogP contribution in [-0.2, 0) is 0 Å². The summed E-state index contributed by atoms with van der Waals surface area (Å²) in [6.45, 7) is 3.78. The molecular weight excluding hydrogens is 355 g/mol. The van der Waals surface area contributed by atoms with E-state index in [9.17, 15) is 4.39 Å². The number of hydrogen-bond donors (Lipinski definition) is 0. The second-order valence-corrected chi connectivity index (χ2v) is 9.38. The van der Waals surface area contributed by atoms with Gasteiger partial charge in [-0.05, 0) is 6.42 Å². The van der Waals surface area contributed by atoms with E-state index in [1.807, 2.05) is 0 Å². The summed E-state index contributed by atoms with van der Waals surface area (Å²) >= 11 is 0. The van der Waals surface area contributed by atoms with Gasteiger partial charge in [0.25, 0.3) is 0 Å². The largest absolute Gasteiger partial charge is 0.251 e. The molecule has 0 aromatic rings. The van der Waals surface area contributed by atoms with Crippen LogP contribution in [0.4, 0.5) is 4.39 Å². The van der Waals surface area contributed by atoms with E-state index in [0.717, 1.165) is 19.3 Å². The van der Waals surface area contributed by atoms with Crippen LogP contribution >= 0.6 is 0 Å². The third kappa shape index (κ3) is 27.9. The second-order valence-electron chi connectivity index (χ2n) is 9.38. The van der Waals surface area contributed by atoms with Crippen LogP contribution in [0.2, 0.25) is 0 Å². The van der Waals surface area contributed by atoms with Gasteiger partial charge in [-0.1, -0.05) is 167 Å². The van der Waals surface area contributed by atoms with Gasteiger partial charge in [-0.3, -0.25) is 4.39 Å². The molecule has 0 aliphatic rings. The van der Waals surface area contributed by atoms with Crippen molar-refractivity contribution < 1.29 is 4.39 Å². The van der Waals surface area contributed by atoms with E-state index in [2.05, 4.69) is 6.92 Å². The fourth-order valence-corrected chi connectivity index (χ4v) is 4.34. The van der Waals surface area contributed by atoms with Crippen LogP contribution in [0.15, 0.2) is 0 Å². The summed E-state index contributed by atoms with van der Waals surface area (Å²) in [4.78, 5) is 0. The molecule has 0 unspecified atom stereocenters. The molecule has 0 bridgehead atoms. The minimum absolute atomic E-state index is 0.127. The summed E-state index contributed by atoms with van der Waals surface area (Å²) in [5.74, 6) is 0. The molecule has 0 amide bonds. The third-order valence-corrected chi connectivity index (χ3v) is 6.38. The monoisotopic (exact) mass is 411 g/mol. The highest BCUT2D eigenvalue weighted by atomic mass is 19.1. The number of halogens is 1. The van der Waals surface area contributed by atoms with Crippen LogP contribution in [0.5, 0.6) is 0 Å². The van der Waals surface area contributed by atoms with Gasteiger partial charge in [-0.15, -0.1) is 0 Å². The molecule has 0 N–H and O–H groups in total. The van der Waals surface area contributed by atoms with Gasteiger partial charge in [0.2, 0.25) is 0 Å². The van der Waals surface area contributed by atoms with Crippen molar-refractivity contribution in [3.05, 3.63) is 6.92 Å². The Morgan fingerprint density at radius 3 is 0.621 bits per heavy atom. The smallest absolute Gasteiger partial charge is 0.0894 e. The maximum Gasteiger partial charge on any atom is 0.0894 e. The number of unbranched alkanes of at least 4 members (excludes halogenated alkanes) is 25. The van der Waals surface area contributed by atoms with Crippen molar-refractivity contribution in [2.75, 3.05) is 6.67 Å². The predicted octanol–water partition coefficient (Wildman–Crippen LogP) is 10.9. The molecule has 0 nitrogen and oxygen atoms in total. The van der Waals surface area contributed by atoms with E-state index in [1.54, 1.807) is 0 Å². The van der Waals surface area contributed by atoms with Crippen molar-refractivity contribution >= 4 is 0 Å². The van der Waals surface area contributed by atoms with Gasteiger partial charge in [0.1, 0.15) is 0 Å². The maximum absolute atomic E-state index is 12.0. The van der Waals surface area contributed by atoms with Crippen LogP contribution in [0.1, 0.15) is 167 Å². The number of hydrogen-bond acceptors (Lipinski definition) is 0. The van der Waals surface area contributed by atoms with Crippen molar-refractivity contribution in [2.24, 2.45) is 0 Å². The quantitative estimate of drug-likeness (QED) is 0.124. The number of alkyl halides is 1. The highest BCUT2D eigenvalue weighted by molar-refractivity contribution is 4.52. The molecule has 0 saturated carbocycles. The Balaban J connectivity index is 2.97. The molecule has 0 aliphatic carbocycles. The van der Waals surface area contributed by atoms with E-state index in [0.29, 0.717) is 0 Å². The molecule has 1 radical (unpaired) electrons. The summed E-state index contributed by atoms with van der Waals surface area (Å²) < 4.78 is 12.0. The first-order chi connectivity index (χ1) is 14.4. The minimum atomic E-state index is -0.127. The van der Waals surface area contributed by atoms with Crippen molar-refractivity contribution in [2.45, 2.75) is 167 Å². The molecule has 1 heteroatoms. The van der Waals surface area contributed by atoms with Gasteiger partial charge in [-0.25, -0.2) is 0 Å². The SMILES string of the molecule is [CH2]CCCCCCCCCCCCCCCCCCCCCCCCCCCF. The van der Waals surface area contributed by atoms with Gasteiger partial charge in [-0.2, -0.15) is 0 Å². The summed E-state index contributed by atoms with van der Waals surface area (Å²) in [7, 11) is 0. The third-order valence-electron chi connectivity index (χ3n) is 6.38. The lowest BCUT2D eigenvalue weighted by atomic mass is 10.0. The van der Waals surface area contributed by atoms with Crippen molar-refractivity contribution in [3.8, 4) is 0 Å². The lowest BCUT2D eigenvalue weighted by Crippen LogP contribution is -1.85. The van der Waals surface area contributed by atoms with E-state index in [-0.39, 0.29) is 6.67 Å². The Labute approximate surface area is 185 Å². The van der Waals surface area contributed by atoms with E-state index in [1.165, 1.54) is 148 Å². The van der Waals surface area contributed by atoms with Crippen LogP contribution in [0.3, 0.4) is 0 Å². The Kier molecular flexibility index (Phi) is 27.9. The summed E-state index contributed by atoms with van der Waals surface area (Å²) in [5, 5.41) is 0. The first-order valence-corrected chi connectivity index (χ1v) is 13.8.